The van der Waals surface area contributed by atoms with Gasteiger partial charge in [-0.1, -0.05) is 12.0 Å². The standard InChI is InChI=1S/C18H19N3O4S/c1-2-7-25-12-9-13-16(22)20-6-5-19(18(24)15-4-3-8-26-15)11-14(20)17(23)21(13)10-12/h1,3-4,8,12-14H,5-7,9-11H2/t12-,13+,14+/m1/s1. The zero-order valence-corrected chi connectivity index (χ0v) is 15.0. The van der Waals surface area contributed by atoms with Crippen LogP contribution in [0.3, 0.4) is 0 Å². The molecule has 7 nitrogen and oxygen atoms in total. The normalized spacial score (nSPS) is 28.0. The third-order valence-electron chi connectivity index (χ3n) is 5.20. The number of piperazine rings is 2. The van der Waals surface area contributed by atoms with Crippen LogP contribution in [0.1, 0.15) is 16.1 Å². The smallest absolute Gasteiger partial charge is 0.264 e. The van der Waals surface area contributed by atoms with Crippen LogP contribution in [-0.4, -0.2) is 83.4 Å². The number of nitrogens with zero attached hydrogens (tertiary/aromatic N) is 3. The van der Waals surface area contributed by atoms with Crippen molar-refractivity contribution >= 4 is 29.1 Å². The van der Waals surface area contributed by atoms with Gasteiger partial charge < -0.3 is 19.4 Å². The summed E-state index contributed by atoms with van der Waals surface area (Å²) in [5, 5.41) is 1.85. The van der Waals surface area contributed by atoms with Gasteiger partial charge in [0, 0.05) is 26.1 Å². The number of ether oxygens (including phenoxy) is 1. The van der Waals surface area contributed by atoms with Crippen LogP contribution >= 0.6 is 11.3 Å². The molecule has 136 valence electrons. The summed E-state index contributed by atoms with van der Waals surface area (Å²) in [4.78, 5) is 43.9. The predicted molar refractivity (Wildman–Crippen MR) is 94.4 cm³/mol. The third-order valence-corrected chi connectivity index (χ3v) is 6.06. The van der Waals surface area contributed by atoms with Crippen molar-refractivity contribution in [1.82, 2.24) is 14.7 Å². The molecule has 26 heavy (non-hydrogen) atoms. The first-order chi connectivity index (χ1) is 12.6. The first-order valence-corrected chi connectivity index (χ1v) is 9.47. The van der Waals surface area contributed by atoms with Gasteiger partial charge in [0.1, 0.15) is 18.7 Å². The highest BCUT2D eigenvalue weighted by Gasteiger charge is 2.52. The van der Waals surface area contributed by atoms with Gasteiger partial charge in [-0.15, -0.1) is 17.8 Å². The monoisotopic (exact) mass is 373 g/mol. The minimum absolute atomic E-state index is 0.0513. The largest absolute Gasteiger partial charge is 0.364 e. The van der Waals surface area contributed by atoms with Gasteiger partial charge in [-0.2, -0.15) is 0 Å². The summed E-state index contributed by atoms with van der Waals surface area (Å²) in [6, 6.07) is 2.52. The lowest BCUT2D eigenvalue weighted by Crippen LogP contribution is -2.69. The molecule has 0 saturated carbocycles. The number of fused-ring (bicyclic) bond motifs is 2. The average molecular weight is 373 g/mol. The van der Waals surface area contributed by atoms with E-state index in [1.54, 1.807) is 20.8 Å². The molecule has 0 unspecified atom stereocenters. The minimum Gasteiger partial charge on any atom is -0.364 e. The van der Waals surface area contributed by atoms with Gasteiger partial charge in [-0.25, -0.2) is 0 Å². The molecular formula is C18H19N3O4S. The Bertz CT molecular complexity index is 772. The molecule has 4 heterocycles. The summed E-state index contributed by atoms with van der Waals surface area (Å²) in [6.45, 7) is 1.60. The number of hydrogen-bond acceptors (Lipinski definition) is 5. The highest BCUT2D eigenvalue weighted by atomic mass is 32.1. The second-order valence-electron chi connectivity index (χ2n) is 6.66. The van der Waals surface area contributed by atoms with Crippen molar-refractivity contribution in [3.8, 4) is 12.3 Å². The van der Waals surface area contributed by atoms with Gasteiger partial charge in [0.05, 0.1) is 17.5 Å². The van der Waals surface area contributed by atoms with Crippen molar-refractivity contribution in [2.45, 2.75) is 24.6 Å². The molecule has 3 atom stereocenters. The van der Waals surface area contributed by atoms with E-state index in [1.807, 2.05) is 11.4 Å². The SMILES string of the molecule is C#CCO[C@@H]1C[C@H]2C(=O)N3CCN(C(=O)c4cccs4)C[C@H]3C(=O)N2C1. The molecule has 1 aromatic rings. The van der Waals surface area contributed by atoms with E-state index in [-0.39, 0.29) is 37.0 Å². The molecule has 0 spiro atoms. The molecular weight excluding hydrogens is 354 g/mol. The molecule has 0 radical (unpaired) electrons. The first-order valence-electron chi connectivity index (χ1n) is 8.59. The molecule has 3 amide bonds. The van der Waals surface area contributed by atoms with Crippen molar-refractivity contribution < 1.29 is 19.1 Å². The summed E-state index contributed by atoms with van der Waals surface area (Å²) in [5.74, 6) is 2.17. The lowest BCUT2D eigenvalue weighted by molar-refractivity contribution is -0.162. The van der Waals surface area contributed by atoms with Crippen molar-refractivity contribution in [3.05, 3.63) is 22.4 Å². The maximum absolute atomic E-state index is 13.0. The van der Waals surface area contributed by atoms with E-state index in [0.717, 1.165) is 0 Å². The lowest BCUT2D eigenvalue weighted by Gasteiger charge is -2.47. The summed E-state index contributed by atoms with van der Waals surface area (Å²) in [6.07, 6.45) is 5.49. The molecule has 3 aliphatic rings. The van der Waals surface area contributed by atoms with Crippen molar-refractivity contribution in [2.75, 3.05) is 32.8 Å². The minimum atomic E-state index is -0.609. The number of rotatable bonds is 3. The van der Waals surface area contributed by atoms with Crippen LogP contribution in [0.15, 0.2) is 17.5 Å². The number of carbonyl (C=O) groups excluding carboxylic acids is 3. The van der Waals surface area contributed by atoms with Crippen LogP contribution in [0.25, 0.3) is 0 Å². The fourth-order valence-electron chi connectivity index (χ4n) is 3.94. The molecule has 0 aliphatic carbocycles. The van der Waals surface area contributed by atoms with Gasteiger partial charge in [0.2, 0.25) is 11.8 Å². The molecule has 3 fully saturated rings. The van der Waals surface area contributed by atoms with Crippen molar-refractivity contribution in [2.24, 2.45) is 0 Å². The Kier molecular flexibility index (Phi) is 4.42. The number of amides is 3. The van der Waals surface area contributed by atoms with Gasteiger partial charge in [0.15, 0.2) is 0 Å². The van der Waals surface area contributed by atoms with Gasteiger partial charge in [0.25, 0.3) is 5.91 Å². The van der Waals surface area contributed by atoms with E-state index >= 15 is 0 Å². The average Bonchev–Trinajstić information content (AvgIpc) is 3.33. The Hall–Kier alpha value is -2.37. The van der Waals surface area contributed by atoms with Gasteiger partial charge in [-0.3, -0.25) is 14.4 Å². The number of hydrogen-bond donors (Lipinski definition) is 0. The summed E-state index contributed by atoms with van der Waals surface area (Å²) < 4.78 is 5.54. The number of thiophene rings is 1. The van der Waals surface area contributed by atoms with E-state index in [9.17, 15) is 14.4 Å². The van der Waals surface area contributed by atoms with Gasteiger partial charge >= 0.3 is 0 Å². The van der Waals surface area contributed by atoms with Crippen LogP contribution < -0.4 is 0 Å². The van der Waals surface area contributed by atoms with Crippen LogP contribution in [0, 0.1) is 12.3 Å². The second-order valence-corrected chi connectivity index (χ2v) is 7.60. The van der Waals surface area contributed by atoms with Gasteiger partial charge in [-0.05, 0) is 11.4 Å². The Labute approximate surface area is 155 Å². The predicted octanol–water partition coefficient (Wildman–Crippen LogP) is 0.0340. The lowest BCUT2D eigenvalue weighted by atomic mass is 10.0. The Morgan fingerprint density at radius 1 is 1.23 bits per heavy atom. The molecule has 0 N–H and O–H groups in total. The zero-order chi connectivity index (χ0) is 18.3. The van der Waals surface area contributed by atoms with E-state index < -0.39 is 12.1 Å². The molecule has 8 heteroatoms. The fraction of sp³-hybridized carbons (Fsp3) is 0.500. The van der Waals surface area contributed by atoms with Crippen molar-refractivity contribution in [1.29, 1.82) is 0 Å². The Balaban J connectivity index is 1.49. The Morgan fingerprint density at radius 3 is 2.77 bits per heavy atom. The van der Waals surface area contributed by atoms with Crippen LogP contribution in [-0.2, 0) is 14.3 Å². The van der Waals surface area contributed by atoms with Crippen LogP contribution in [0.2, 0.25) is 0 Å². The molecule has 3 saturated heterocycles. The second kappa shape index (κ2) is 6.74. The van der Waals surface area contributed by atoms with E-state index in [0.29, 0.717) is 30.9 Å². The van der Waals surface area contributed by atoms with Crippen molar-refractivity contribution in [3.63, 3.8) is 0 Å². The Morgan fingerprint density at radius 2 is 2.04 bits per heavy atom. The summed E-state index contributed by atoms with van der Waals surface area (Å²) in [5.41, 5.74) is 0. The fourth-order valence-corrected chi connectivity index (χ4v) is 4.63. The topological polar surface area (TPSA) is 70.2 Å². The van der Waals surface area contributed by atoms with Crippen LogP contribution in [0.5, 0.6) is 0 Å². The number of carbonyl (C=O) groups is 3. The van der Waals surface area contributed by atoms with E-state index in [1.165, 1.54) is 11.3 Å². The molecule has 4 rings (SSSR count). The third kappa shape index (κ3) is 2.77. The summed E-state index contributed by atoms with van der Waals surface area (Å²) >= 11 is 1.38. The first kappa shape index (κ1) is 17.1. The highest BCUT2D eigenvalue weighted by Crippen LogP contribution is 2.30. The van der Waals surface area contributed by atoms with E-state index in [2.05, 4.69) is 5.92 Å². The van der Waals surface area contributed by atoms with Crippen LogP contribution in [0.4, 0.5) is 0 Å². The number of terminal acetylenes is 1. The summed E-state index contributed by atoms with van der Waals surface area (Å²) in [7, 11) is 0. The molecule has 0 bridgehead atoms. The maximum atomic E-state index is 13.0. The molecule has 3 aliphatic heterocycles. The zero-order valence-electron chi connectivity index (χ0n) is 14.2. The quantitative estimate of drug-likeness (QED) is 0.702. The molecule has 1 aromatic heterocycles. The maximum Gasteiger partial charge on any atom is 0.264 e. The van der Waals surface area contributed by atoms with E-state index in [4.69, 9.17) is 11.2 Å². The molecule has 0 aromatic carbocycles. The highest BCUT2D eigenvalue weighted by molar-refractivity contribution is 7.12.